The number of thioether (sulfide) groups is 1. The minimum Gasteiger partial charge on any atom is -0.466 e. The lowest BCUT2D eigenvalue weighted by Gasteiger charge is -2.13. The normalized spacial score (nSPS) is 13.4. The van der Waals surface area contributed by atoms with Gasteiger partial charge >= 0.3 is 5.97 Å². The maximum Gasteiger partial charge on any atom is 0.311 e. The van der Waals surface area contributed by atoms with Gasteiger partial charge in [0.25, 0.3) is 0 Å². The third-order valence-electron chi connectivity index (χ3n) is 3.05. The van der Waals surface area contributed by atoms with Gasteiger partial charge in [0.1, 0.15) is 0 Å². The van der Waals surface area contributed by atoms with Crippen molar-refractivity contribution in [2.45, 2.75) is 18.5 Å². The van der Waals surface area contributed by atoms with Crippen molar-refractivity contribution in [1.82, 2.24) is 14.9 Å². The number of rotatable bonds is 4. The minimum absolute atomic E-state index is 0.145. The van der Waals surface area contributed by atoms with Gasteiger partial charge in [-0.2, -0.15) is 9.78 Å². The zero-order valence-corrected chi connectivity index (χ0v) is 14.5. The molecule has 0 bridgehead atoms. The van der Waals surface area contributed by atoms with E-state index < -0.39 is 0 Å². The number of carbonyl (C=O) groups excluding carboxylic acids is 1. The van der Waals surface area contributed by atoms with Gasteiger partial charge in [-0.05, 0) is 25.1 Å². The summed E-state index contributed by atoms with van der Waals surface area (Å²) in [5.74, 6) is 0.787. The molecule has 1 aliphatic heterocycles. The SMILES string of the molecule is CCOC(=O)CC1=Nn2c(nnc2-c2ccc(Cl)cc2Cl)SC1. The van der Waals surface area contributed by atoms with E-state index in [0.717, 1.165) is 0 Å². The summed E-state index contributed by atoms with van der Waals surface area (Å²) in [6.45, 7) is 2.12. The van der Waals surface area contributed by atoms with E-state index in [1.54, 1.807) is 29.8 Å². The summed E-state index contributed by atoms with van der Waals surface area (Å²) in [5, 5.41) is 14.4. The first-order valence-electron chi connectivity index (χ1n) is 6.84. The first-order valence-corrected chi connectivity index (χ1v) is 8.58. The molecule has 23 heavy (non-hydrogen) atoms. The highest BCUT2D eigenvalue weighted by Crippen LogP contribution is 2.32. The lowest BCUT2D eigenvalue weighted by molar-refractivity contribution is -0.141. The van der Waals surface area contributed by atoms with Crippen LogP contribution < -0.4 is 0 Å². The monoisotopic (exact) mass is 370 g/mol. The number of benzene rings is 1. The fourth-order valence-corrected chi connectivity index (χ4v) is 3.36. The topological polar surface area (TPSA) is 69.4 Å². The molecule has 0 spiro atoms. The van der Waals surface area contributed by atoms with Crippen molar-refractivity contribution in [3.8, 4) is 11.4 Å². The molecule has 0 saturated heterocycles. The van der Waals surface area contributed by atoms with Crippen LogP contribution in [0.1, 0.15) is 13.3 Å². The Morgan fingerprint density at radius 3 is 2.96 bits per heavy atom. The second kappa shape index (κ2) is 6.90. The van der Waals surface area contributed by atoms with Gasteiger partial charge in [0.15, 0.2) is 5.82 Å². The number of ether oxygens (including phenoxy) is 1. The van der Waals surface area contributed by atoms with Gasteiger partial charge in [0, 0.05) is 16.3 Å². The van der Waals surface area contributed by atoms with Gasteiger partial charge in [-0.3, -0.25) is 4.79 Å². The highest BCUT2D eigenvalue weighted by atomic mass is 35.5. The molecule has 0 unspecified atom stereocenters. The molecule has 1 aromatic carbocycles. The average Bonchev–Trinajstić information content (AvgIpc) is 2.90. The molecule has 0 aliphatic carbocycles. The first-order chi connectivity index (χ1) is 11.1. The van der Waals surface area contributed by atoms with E-state index >= 15 is 0 Å². The molecule has 3 rings (SSSR count). The van der Waals surface area contributed by atoms with Crippen molar-refractivity contribution in [3.05, 3.63) is 28.2 Å². The number of nitrogens with zero attached hydrogens (tertiary/aromatic N) is 4. The van der Waals surface area contributed by atoms with Gasteiger partial charge in [0.2, 0.25) is 5.16 Å². The average molecular weight is 371 g/mol. The molecule has 0 radical (unpaired) electrons. The molecule has 2 heterocycles. The van der Waals surface area contributed by atoms with E-state index in [9.17, 15) is 4.79 Å². The van der Waals surface area contributed by atoms with Crippen molar-refractivity contribution >= 4 is 46.6 Å². The fraction of sp³-hybridized carbons (Fsp3) is 0.286. The Bertz CT molecular complexity index is 791. The van der Waals surface area contributed by atoms with Crippen molar-refractivity contribution in [2.24, 2.45) is 5.10 Å². The molecule has 0 atom stereocenters. The van der Waals surface area contributed by atoms with Crippen LogP contribution in [0.5, 0.6) is 0 Å². The molecule has 1 aliphatic rings. The van der Waals surface area contributed by atoms with Crippen molar-refractivity contribution in [3.63, 3.8) is 0 Å². The predicted molar refractivity (Wildman–Crippen MR) is 90.3 cm³/mol. The number of halogens is 2. The second-order valence-corrected chi connectivity index (χ2v) is 6.46. The van der Waals surface area contributed by atoms with Crippen LogP contribution in [0.3, 0.4) is 0 Å². The van der Waals surface area contributed by atoms with Crippen LogP contribution in [0.15, 0.2) is 28.5 Å². The van der Waals surface area contributed by atoms with E-state index in [1.165, 1.54) is 11.8 Å². The first kappa shape index (κ1) is 16.3. The van der Waals surface area contributed by atoms with E-state index in [2.05, 4.69) is 15.3 Å². The molecule has 0 amide bonds. The number of esters is 1. The number of carbonyl (C=O) groups is 1. The summed E-state index contributed by atoms with van der Waals surface area (Å²) in [6.07, 6.45) is 0.145. The van der Waals surface area contributed by atoms with Crippen molar-refractivity contribution in [1.29, 1.82) is 0 Å². The van der Waals surface area contributed by atoms with Crippen LogP contribution >= 0.6 is 35.0 Å². The lowest BCUT2D eigenvalue weighted by atomic mass is 10.2. The molecule has 6 nitrogen and oxygen atoms in total. The van der Waals surface area contributed by atoms with Crippen molar-refractivity contribution in [2.75, 3.05) is 12.4 Å². The molecular weight excluding hydrogens is 359 g/mol. The molecule has 0 fully saturated rings. The van der Waals surface area contributed by atoms with E-state index in [4.69, 9.17) is 27.9 Å². The molecule has 120 valence electrons. The standard InChI is InChI=1S/C14H12Cl2N4O2S/c1-2-22-12(21)6-9-7-23-14-18-17-13(20(14)19-9)10-4-3-8(15)5-11(10)16/h3-5H,2,6-7H2,1H3. The Balaban J connectivity index is 1.94. The zero-order valence-electron chi connectivity index (χ0n) is 12.1. The van der Waals surface area contributed by atoms with Crippen molar-refractivity contribution < 1.29 is 9.53 Å². The number of hydrogen-bond donors (Lipinski definition) is 0. The predicted octanol–water partition coefficient (Wildman–Crippen LogP) is 3.51. The van der Waals surface area contributed by atoms with E-state index in [0.29, 0.717) is 44.7 Å². The van der Waals surface area contributed by atoms with Gasteiger partial charge in [-0.25, -0.2) is 0 Å². The summed E-state index contributed by atoms with van der Waals surface area (Å²) in [4.78, 5) is 11.6. The zero-order chi connectivity index (χ0) is 16.4. The molecule has 1 aromatic heterocycles. The summed E-state index contributed by atoms with van der Waals surface area (Å²) in [5.41, 5.74) is 1.38. The quantitative estimate of drug-likeness (QED) is 0.770. The number of aromatic nitrogens is 3. The van der Waals surface area contributed by atoms with E-state index in [1.807, 2.05) is 0 Å². The molecule has 9 heteroatoms. The minimum atomic E-state index is -0.297. The highest BCUT2D eigenvalue weighted by molar-refractivity contribution is 7.99. The Labute approximate surface area is 146 Å². The summed E-state index contributed by atoms with van der Waals surface area (Å²) in [7, 11) is 0. The van der Waals surface area contributed by atoms with Crippen LogP contribution in [0.4, 0.5) is 0 Å². The lowest BCUT2D eigenvalue weighted by Crippen LogP contribution is -2.18. The fourth-order valence-electron chi connectivity index (χ4n) is 2.07. The Kier molecular flexibility index (Phi) is 4.89. The van der Waals surface area contributed by atoms with E-state index in [-0.39, 0.29) is 12.4 Å². The van der Waals surface area contributed by atoms with Crippen LogP contribution in [0.25, 0.3) is 11.4 Å². The number of fused-ring (bicyclic) bond motifs is 1. The third kappa shape index (κ3) is 3.52. The molecule has 2 aromatic rings. The van der Waals surface area contributed by atoms with Gasteiger partial charge in [0.05, 0.1) is 23.8 Å². The van der Waals surface area contributed by atoms with Crippen LogP contribution in [-0.2, 0) is 9.53 Å². The third-order valence-corrected chi connectivity index (χ3v) is 4.59. The van der Waals surface area contributed by atoms with Crippen LogP contribution in [0, 0.1) is 0 Å². The van der Waals surface area contributed by atoms with Crippen LogP contribution in [-0.4, -0.2) is 38.9 Å². The highest BCUT2D eigenvalue weighted by Gasteiger charge is 2.22. The largest absolute Gasteiger partial charge is 0.466 e. The summed E-state index contributed by atoms with van der Waals surface area (Å²) in [6, 6.07) is 5.13. The van der Waals surface area contributed by atoms with Gasteiger partial charge in [-0.15, -0.1) is 10.2 Å². The van der Waals surface area contributed by atoms with Gasteiger partial charge in [-0.1, -0.05) is 35.0 Å². The molecule has 0 N–H and O–H groups in total. The summed E-state index contributed by atoms with van der Waals surface area (Å²) < 4.78 is 6.55. The maximum absolute atomic E-state index is 11.6. The second-order valence-electron chi connectivity index (χ2n) is 4.68. The molecular formula is C14H12Cl2N4O2S. The Hall–Kier alpha value is -1.57. The van der Waals surface area contributed by atoms with Crippen LogP contribution in [0.2, 0.25) is 10.0 Å². The Morgan fingerprint density at radius 2 is 2.22 bits per heavy atom. The van der Waals surface area contributed by atoms with Gasteiger partial charge < -0.3 is 4.74 Å². The Morgan fingerprint density at radius 1 is 1.39 bits per heavy atom. The molecule has 0 saturated carbocycles. The smallest absolute Gasteiger partial charge is 0.311 e. The maximum atomic E-state index is 11.6. The summed E-state index contributed by atoms with van der Waals surface area (Å²) >= 11 is 13.6. The number of hydrogen-bond acceptors (Lipinski definition) is 6.